The van der Waals surface area contributed by atoms with Crippen molar-refractivity contribution in [3.8, 4) is 0 Å². The molecule has 2 aromatic rings. The Morgan fingerprint density at radius 2 is 1.68 bits per heavy atom. The molecule has 0 saturated heterocycles. The van der Waals surface area contributed by atoms with Crippen LogP contribution in [0, 0.1) is 18.6 Å². The van der Waals surface area contributed by atoms with Crippen molar-refractivity contribution in [1.29, 1.82) is 0 Å². The van der Waals surface area contributed by atoms with Crippen LogP contribution in [0.4, 0.5) is 14.5 Å². The maximum Gasteiger partial charge on any atom is 0.171 e. The molecule has 0 spiro atoms. The molecule has 0 fully saturated rings. The maximum absolute atomic E-state index is 13.6. The molecule has 0 bridgehead atoms. The summed E-state index contributed by atoms with van der Waals surface area (Å²) in [6, 6.07) is 11.7. The normalized spacial score (nSPS) is 11.8. The van der Waals surface area contributed by atoms with E-state index in [9.17, 15) is 8.78 Å². The highest BCUT2D eigenvalue weighted by Crippen LogP contribution is 2.20. The van der Waals surface area contributed by atoms with Crippen LogP contribution in [-0.4, -0.2) is 5.11 Å². The standard InChI is InChI=1S/C17H18F2N2S/c1-3-15(12-9-7-11(2)8-10-12)20-17(22)21-16-13(18)5-4-6-14(16)19/h4-10,15H,3H2,1-2H3,(H2,20,21,22)/t15-/m0/s1. The van der Waals surface area contributed by atoms with Gasteiger partial charge in [0.05, 0.1) is 6.04 Å². The molecule has 0 aromatic heterocycles. The van der Waals surface area contributed by atoms with Crippen molar-refractivity contribution in [3.63, 3.8) is 0 Å². The molecule has 2 nitrogen and oxygen atoms in total. The van der Waals surface area contributed by atoms with Gasteiger partial charge in [0.15, 0.2) is 5.11 Å². The Hall–Kier alpha value is -2.01. The van der Waals surface area contributed by atoms with Gasteiger partial charge in [0.25, 0.3) is 0 Å². The van der Waals surface area contributed by atoms with E-state index in [1.807, 2.05) is 38.1 Å². The number of aryl methyl sites for hydroxylation is 1. The second kappa shape index (κ2) is 7.31. The fourth-order valence-electron chi connectivity index (χ4n) is 2.14. The Morgan fingerprint density at radius 1 is 1.09 bits per heavy atom. The largest absolute Gasteiger partial charge is 0.356 e. The Labute approximate surface area is 134 Å². The molecule has 5 heteroatoms. The number of hydrogen-bond donors (Lipinski definition) is 2. The number of halogens is 2. The minimum absolute atomic E-state index is 0.0181. The first-order valence-corrected chi connectivity index (χ1v) is 7.50. The summed E-state index contributed by atoms with van der Waals surface area (Å²) in [7, 11) is 0. The summed E-state index contributed by atoms with van der Waals surface area (Å²) in [4.78, 5) is 0. The van der Waals surface area contributed by atoms with Crippen molar-refractivity contribution in [3.05, 3.63) is 65.2 Å². The summed E-state index contributed by atoms with van der Waals surface area (Å²) < 4.78 is 27.2. The molecular formula is C17H18F2N2S. The number of rotatable bonds is 4. The predicted molar refractivity (Wildman–Crippen MR) is 89.9 cm³/mol. The highest BCUT2D eigenvalue weighted by molar-refractivity contribution is 7.80. The molecule has 0 saturated carbocycles. The SMILES string of the molecule is CC[C@H](NC(=S)Nc1c(F)cccc1F)c1ccc(C)cc1. The lowest BCUT2D eigenvalue weighted by Crippen LogP contribution is -2.32. The van der Waals surface area contributed by atoms with Crippen LogP contribution in [0.2, 0.25) is 0 Å². The van der Waals surface area contributed by atoms with Crippen molar-refractivity contribution in [2.75, 3.05) is 5.32 Å². The van der Waals surface area contributed by atoms with Crippen molar-refractivity contribution < 1.29 is 8.78 Å². The van der Waals surface area contributed by atoms with Gasteiger partial charge in [-0.05, 0) is 43.3 Å². The van der Waals surface area contributed by atoms with Gasteiger partial charge in [0, 0.05) is 0 Å². The van der Waals surface area contributed by atoms with Gasteiger partial charge in [-0.1, -0.05) is 42.8 Å². The highest BCUT2D eigenvalue weighted by Gasteiger charge is 2.13. The summed E-state index contributed by atoms with van der Waals surface area (Å²) in [5.74, 6) is -1.35. The molecule has 0 aliphatic rings. The molecule has 22 heavy (non-hydrogen) atoms. The zero-order valence-electron chi connectivity index (χ0n) is 12.5. The Balaban J connectivity index is 2.08. The second-order valence-electron chi connectivity index (χ2n) is 5.07. The van der Waals surface area contributed by atoms with E-state index in [2.05, 4.69) is 10.6 Å². The number of thiocarbonyl (C=S) groups is 1. The topological polar surface area (TPSA) is 24.1 Å². The summed E-state index contributed by atoms with van der Waals surface area (Å²) in [6.45, 7) is 4.04. The quantitative estimate of drug-likeness (QED) is 0.798. The summed E-state index contributed by atoms with van der Waals surface area (Å²) in [5, 5.41) is 5.88. The highest BCUT2D eigenvalue weighted by atomic mass is 32.1. The van der Waals surface area contributed by atoms with Crippen LogP contribution in [-0.2, 0) is 0 Å². The third kappa shape index (κ3) is 4.01. The van der Waals surface area contributed by atoms with Crippen molar-refractivity contribution in [2.24, 2.45) is 0 Å². The molecule has 0 heterocycles. The zero-order chi connectivity index (χ0) is 16.1. The van der Waals surface area contributed by atoms with E-state index < -0.39 is 11.6 Å². The Bertz CT molecular complexity index is 636. The van der Waals surface area contributed by atoms with Gasteiger partial charge >= 0.3 is 0 Å². The van der Waals surface area contributed by atoms with Crippen LogP contribution < -0.4 is 10.6 Å². The van der Waals surface area contributed by atoms with Crippen LogP contribution >= 0.6 is 12.2 Å². The first-order chi connectivity index (χ1) is 10.5. The molecule has 0 unspecified atom stereocenters. The summed E-state index contributed by atoms with van der Waals surface area (Å²) in [5.41, 5.74) is 2.01. The van der Waals surface area contributed by atoms with Crippen LogP contribution in [0.25, 0.3) is 0 Å². The van der Waals surface area contributed by atoms with Crippen LogP contribution in [0.3, 0.4) is 0 Å². The summed E-state index contributed by atoms with van der Waals surface area (Å²) in [6.07, 6.45) is 0.796. The monoisotopic (exact) mass is 320 g/mol. The molecule has 0 radical (unpaired) electrons. The van der Waals surface area contributed by atoms with Gasteiger partial charge in [0.2, 0.25) is 0 Å². The van der Waals surface area contributed by atoms with E-state index in [0.717, 1.165) is 12.0 Å². The molecule has 2 aromatic carbocycles. The molecule has 1 atom stereocenters. The van der Waals surface area contributed by atoms with E-state index in [1.165, 1.54) is 23.8 Å². The smallest absolute Gasteiger partial charge is 0.171 e. The van der Waals surface area contributed by atoms with E-state index in [0.29, 0.717) is 0 Å². The molecule has 0 amide bonds. The molecule has 0 aliphatic carbocycles. The molecule has 116 valence electrons. The van der Waals surface area contributed by atoms with Gasteiger partial charge in [-0.15, -0.1) is 0 Å². The lowest BCUT2D eigenvalue weighted by atomic mass is 10.0. The average molecular weight is 320 g/mol. The summed E-state index contributed by atoms with van der Waals surface area (Å²) >= 11 is 5.17. The first kappa shape index (κ1) is 16.4. The van der Waals surface area contributed by atoms with E-state index >= 15 is 0 Å². The van der Waals surface area contributed by atoms with E-state index in [-0.39, 0.29) is 16.8 Å². The van der Waals surface area contributed by atoms with Gasteiger partial charge in [-0.25, -0.2) is 8.78 Å². The maximum atomic E-state index is 13.6. The fourth-order valence-corrected chi connectivity index (χ4v) is 2.39. The van der Waals surface area contributed by atoms with Crippen molar-refractivity contribution >= 4 is 23.0 Å². The third-order valence-corrected chi connectivity index (χ3v) is 3.61. The molecule has 0 aliphatic heterocycles. The van der Waals surface area contributed by atoms with E-state index in [1.54, 1.807) is 0 Å². The van der Waals surface area contributed by atoms with Gasteiger partial charge in [-0.3, -0.25) is 0 Å². The number of para-hydroxylation sites is 1. The lowest BCUT2D eigenvalue weighted by Gasteiger charge is -2.20. The average Bonchev–Trinajstić information content (AvgIpc) is 2.50. The van der Waals surface area contributed by atoms with Gasteiger partial charge < -0.3 is 10.6 Å². The number of hydrogen-bond acceptors (Lipinski definition) is 1. The molecule has 2 N–H and O–H groups in total. The van der Waals surface area contributed by atoms with Crippen LogP contribution in [0.15, 0.2) is 42.5 Å². The van der Waals surface area contributed by atoms with Gasteiger partial charge in [-0.2, -0.15) is 0 Å². The van der Waals surface area contributed by atoms with Gasteiger partial charge in [0.1, 0.15) is 17.3 Å². The Morgan fingerprint density at radius 3 is 2.23 bits per heavy atom. The van der Waals surface area contributed by atoms with Crippen molar-refractivity contribution in [2.45, 2.75) is 26.3 Å². The molecular weight excluding hydrogens is 302 g/mol. The third-order valence-electron chi connectivity index (χ3n) is 3.39. The predicted octanol–water partition coefficient (Wildman–Crippen LogP) is 4.71. The zero-order valence-corrected chi connectivity index (χ0v) is 13.3. The van der Waals surface area contributed by atoms with Crippen LogP contribution in [0.5, 0.6) is 0 Å². The minimum atomic E-state index is -0.674. The lowest BCUT2D eigenvalue weighted by molar-refractivity contribution is 0.589. The minimum Gasteiger partial charge on any atom is -0.356 e. The Kier molecular flexibility index (Phi) is 5.44. The van der Waals surface area contributed by atoms with Crippen LogP contribution in [0.1, 0.15) is 30.5 Å². The fraction of sp³-hybridized carbons (Fsp3) is 0.235. The number of nitrogens with one attached hydrogen (secondary N) is 2. The number of benzene rings is 2. The molecule has 2 rings (SSSR count). The second-order valence-corrected chi connectivity index (χ2v) is 5.47. The number of anilines is 1. The van der Waals surface area contributed by atoms with Crippen molar-refractivity contribution in [1.82, 2.24) is 5.32 Å². The van der Waals surface area contributed by atoms with E-state index in [4.69, 9.17) is 12.2 Å². The first-order valence-electron chi connectivity index (χ1n) is 7.09.